The molecule has 4 nitrogen and oxygen atoms in total. The third-order valence-corrected chi connectivity index (χ3v) is 5.24. The van der Waals surface area contributed by atoms with E-state index in [1.807, 2.05) is 48.5 Å². The van der Waals surface area contributed by atoms with Gasteiger partial charge in [0, 0.05) is 30.8 Å². The smallest absolute Gasteiger partial charge is 0.0977 e. The second-order valence-corrected chi connectivity index (χ2v) is 7.41. The van der Waals surface area contributed by atoms with Gasteiger partial charge in [0.2, 0.25) is 0 Å². The predicted octanol–water partition coefficient (Wildman–Crippen LogP) is 5.04. The summed E-state index contributed by atoms with van der Waals surface area (Å²) in [5.41, 5.74) is 8.12. The molecule has 1 aliphatic heterocycles. The Morgan fingerprint density at radius 2 is 1.52 bits per heavy atom. The van der Waals surface area contributed by atoms with Crippen molar-refractivity contribution in [2.24, 2.45) is 5.10 Å². The van der Waals surface area contributed by atoms with E-state index in [-0.39, 0.29) is 0 Å². The van der Waals surface area contributed by atoms with E-state index in [1.165, 1.54) is 5.56 Å². The summed E-state index contributed by atoms with van der Waals surface area (Å²) in [7, 11) is 0. The summed E-state index contributed by atoms with van der Waals surface area (Å²) in [5.74, 6) is 0. The van der Waals surface area contributed by atoms with Crippen molar-refractivity contribution < 1.29 is 4.74 Å². The van der Waals surface area contributed by atoms with Gasteiger partial charge in [-0.25, -0.2) is 0 Å². The fraction of sp³-hybridized carbons (Fsp3) is 0.208. The van der Waals surface area contributed by atoms with Crippen molar-refractivity contribution in [2.45, 2.75) is 6.54 Å². The molecule has 1 aliphatic rings. The molecule has 1 fully saturated rings. The van der Waals surface area contributed by atoms with Crippen LogP contribution in [0.2, 0.25) is 5.02 Å². The molecule has 0 aromatic heterocycles. The number of nitrogens with zero attached hydrogens (tertiary/aromatic N) is 2. The summed E-state index contributed by atoms with van der Waals surface area (Å²) in [6.45, 7) is 4.39. The van der Waals surface area contributed by atoms with Gasteiger partial charge in [0.1, 0.15) is 0 Å². The highest BCUT2D eigenvalue weighted by molar-refractivity contribution is 6.33. The zero-order valence-corrected chi connectivity index (χ0v) is 17.0. The SMILES string of the molecule is Clc1cc(CN2CCOCC2)ccc1NN=C(c1ccccc1)c1ccccc1. The molecule has 0 atom stereocenters. The first kappa shape index (κ1) is 19.6. The average molecular weight is 406 g/mol. The van der Waals surface area contributed by atoms with Crippen molar-refractivity contribution in [2.75, 3.05) is 31.7 Å². The summed E-state index contributed by atoms with van der Waals surface area (Å²) in [4.78, 5) is 2.38. The topological polar surface area (TPSA) is 36.9 Å². The molecule has 1 saturated heterocycles. The van der Waals surface area contributed by atoms with Crippen molar-refractivity contribution in [3.63, 3.8) is 0 Å². The van der Waals surface area contributed by atoms with Gasteiger partial charge in [0.05, 0.1) is 29.6 Å². The summed E-state index contributed by atoms with van der Waals surface area (Å²) in [6, 6.07) is 26.4. The molecular weight excluding hydrogens is 382 g/mol. The molecule has 29 heavy (non-hydrogen) atoms. The normalized spacial score (nSPS) is 14.4. The van der Waals surface area contributed by atoms with Gasteiger partial charge in [-0.15, -0.1) is 0 Å². The number of halogens is 1. The Morgan fingerprint density at radius 1 is 0.897 bits per heavy atom. The number of morpholine rings is 1. The maximum Gasteiger partial charge on any atom is 0.0977 e. The number of anilines is 1. The minimum absolute atomic E-state index is 0.667. The summed E-state index contributed by atoms with van der Waals surface area (Å²) >= 11 is 6.55. The number of rotatable bonds is 6. The molecule has 0 radical (unpaired) electrons. The number of hydrazone groups is 1. The van der Waals surface area contributed by atoms with Crippen molar-refractivity contribution >= 4 is 23.0 Å². The molecule has 1 heterocycles. The number of hydrogen-bond donors (Lipinski definition) is 1. The molecule has 1 N–H and O–H groups in total. The second kappa shape index (κ2) is 9.70. The van der Waals surface area contributed by atoms with Crippen molar-refractivity contribution in [1.29, 1.82) is 0 Å². The van der Waals surface area contributed by atoms with E-state index in [0.29, 0.717) is 5.02 Å². The minimum Gasteiger partial charge on any atom is -0.379 e. The molecule has 0 bridgehead atoms. The minimum atomic E-state index is 0.667. The van der Waals surface area contributed by atoms with Crippen LogP contribution < -0.4 is 5.43 Å². The lowest BCUT2D eigenvalue weighted by Crippen LogP contribution is -2.35. The van der Waals surface area contributed by atoms with E-state index in [1.54, 1.807) is 0 Å². The highest BCUT2D eigenvalue weighted by Crippen LogP contribution is 2.24. The van der Waals surface area contributed by atoms with Crippen LogP contribution in [0.4, 0.5) is 5.69 Å². The zero-order valence-electron chi connectivity index (χ0n) is 16.2. The number of hydrogen-bond acceptors (Lipinski definition) is 4. The van der Waals surface area contributed by atoms with Gasteiger partial charge < -0.3 is 4.74 Å². The molecule has 0 aliphatic carbocycles. The molecule has 4 rings (SSSR count). The van der Waals surface area contributed by atoms with Gasteiger partial charge in [-0.3, -0.25) is 10.3 Å². The Labute approximate surface area is 176 Å². The van der Waals surface area contributed by atoms with Crippen molar-refractivity contribution in [3.8, 4) is 0 Å². The lowest BCUT2D eigenvalue weighted by molar-refractivity contribution is 0.0342. The van der Waals surface area contributed by atoms with Crippen LogP contribution in [0.5, 0.6) is 0 Å². The molecule has 148 valence electrons. The largest absolute Gasteiger partial charge is 0.379 e. The van der Waals surface area contributed by atoms with Crippen LogP contribution in [0.25, 0.3) is 0 Å². The van der Waals surface area contributed by atoms with Crippen LogP contribution in [0.15, 0.2) is 84.0 Å². The lowest BCUT2D eigenvalue weighted by atomic mass is 10.0. The van der Waals surface area contributed by atoms with Crippen molar-refractivity contribution in [3.05, 3.63) is 101 Å². The van der Waals surface area contributed by atoms with Gasteiger partial charge in [-0.2, -0.15) is 5.10 Å². The fourth-order valence-corrected chi connectivity index (χ4v) is 3.61. The van der Waals surface area contributed by atoms with E-state index < -0.39 is 0 Å². The Kier molecular flexibility index (Phi) is 6.57. The fourth-order valence-electron chi connectivity index (χ4n) is 3.37. The first-order chi connectivity index (χ1) is 14.3. The molecule has 0 amide bonds. The molecule has 0 saturated carbocycles. The first-order valence-electron chi connectivity index (χ1n) is 9.83. The van der Waals surface area contributed by atoms with Gasteiger partial charge >= 0.3 is 0 Å². The van der Waals surface area contributed by atoms with Gasteiger partial charge in [0.25, 0.3) is 0 Å². The highest BCUT2D eigenvalue weighted by atomic mass is 35.5. The van der Waals surface area contributed by atoms with Gasteiger partial charge in [-0.1, -0.05) is 78.3 Å². The van der Waals surface area contributed by atoms with Crippen molar-refractivity contribution in [1.82, 2.24) is 4.90 Å². The Morgan fingerprint density at radius 3 is 2.10 bits per heavy atom. The molecule has 0 spiro atoms. The van der Waals surface area contributed by atoms with E-state index in [9.17, 15) is 0 Å². The monoisotopic (exact) mass is 405 g/mol. The molecular formula is C24H24ClN3O. The standard InChI is InChI=1S/C24H24ClN3O/c25-22-17-19(18-28-13-15-29-16-14-28)11-12-23(22)26-27-24(20-7-3-1-4-8-20)21-9-5-2-6-10-21/h1-12,17,26H,13-16,18H2. The molecule has 5 heteroatoms. The third-order valence-electron chi connectivity index (χ3n) is 4.93. The van der Waals surface area contributed by atoms with Crippen LogP contribution in [0.3, 0.4) is 0 Å². The quantitative estimate of drug-likeness (QED) is 0.461. The maximum atomic E-state index is 6.55. The van der Waals surface area contributed by atoms with Gasteiger partial charge in [-0.05, 0) is 17.7 Å². The molecule has 3 aromatic rings. The van der Waals surface area contributed by atoms with E-state index in [2.05, 4.69) is 40.7 Å². The maximum absolute atomic E-state index is 6.55. The summed E-state index contributed by atoms with van der Waals surface area (Å²) < 4.78 is 5.42. The Bertz CT molecular complexity index is 913. The molecule has 0 unspecified atom stereocenters. The lowest BCUT2D eigenvalue weighted by Gasteiger charge is -2.26. The first-order valence-corrected chi connectivity index (χ1v) is 10.2. The predicted molar refractivity (Wildman–Crippen MR) is 120 cm³/mol. The average Bonchev–Trinajstić information content (AvgIpc) is 2.77. The Hall–Kier alpha value is -2.66. The molecule has 3 aromatic carbocycles. The van der Waals surface area contributed by atoms with Crippen LogP contribution in [-0.2, 0) is 11.3 Å². The highest BCUT2D eigenvalue weighted by Gasteiger charge is 2.12. The number of nitrogens with one attached hydrogen (secondary N) is 1. The van der Waals surface area contributed by atoms with Crippen LogP contribution in [0, 0.1) is 0 Å². The summed E-state index contributed by atoms with van der Waals surface area (Å²) in [5, 5.41) is 5.36. The van der Waals surface area contributed by atoms with E-state index >= 15 is 0 Å². The van der Waals surface area contributed by atoms with E-state index in [4.69, 9.17) is 21.4 Å². The second-order valence-electron chi connectivity index (χ2n) is 7.01. The van der Waals surface area contributed by atoms with Crippen LogP contribution in [0.1, 0.15) is 16.7 Å². The van der Waals surface area contributed by atoms with Crippen LogP contribution in [-0.4, -0.2) is 36.9 Å². The third kappa shape index (κ3) is 5.24. The van der Waals surface area contributed by atoms with Gasteiger partial charge in [0.15, 0.2) is 0 Å². The summed E-state index contributed by atoms with van der Waals surface area (Å²) in [6.07, 6.45) is 0. The zero-order chi connectivity index (χ0) is 19.9. The van der Waals surface area contributed by atoms with Crippen LogP contribution >= 0.6 is 11.6 Å². The Balaban J connectivity index is 1.54. The number of benzene rings is 3. The van der Waals surface area contributed by atoms with E-state index in [0.717, 1.165) is 55.4 Å². The number of ether oxygens (including phenoxy) is 1.